The number of hydrogen-bond donors (Lipinski definition) is 2. The highest BCUT2D eigenvalue weighted by Gasteiger charge is 2.03. The van der Waals surface area contributed by atoms with Crippen LogP contribution in [0.1, 0.15) is 36.8 Å². The zero-order valence-electron chi connectivity index (χ0n) is 12.4. The first-order chi connectivity index (χ1) is 9.63. The largest absolute Gasteiger partial charge is 0.493 e. The van der Waals surface area contributed by atoms with Crippen LogP contribution < -0.4 is 10.1 Å². The molecule has 0 radical (unpaired) electrons. The molecule has 0 spiro atoms. The Morgan fingerprint density at radius 3 is 2.80 bits per heavy atom. The second kappa shape index (κ2) is 9.37. The fraction of sp³-hybridized carbons (Fsp3) is 0.562. The van der Waals surface area contributed by atoms with E-state index < -0.39 is 0 Å². The second-order valence-electron chi connectivity index (χ2n) is 5.00. The molecule has 0 heterocycles. The summed E-state index contributed by atoms with van der Waals surface area (Å²) < 4.78 is 5.64. The average Bonchev–Trinajstić information content (AvgIpc) is 2.42. The topological polar surface area (TPSA) is 58.6 Å². The van der Waals surface area contributed by atoms with Crippen LogP contribution in [0.3, 0.4) is 0 Å². The summed E-state index contributed by atoms with van der Waals surface area (Å²) >= 11 is 0. The van der Waals surface area contributed by atoms with Gasteiger partial charge in [0, 0.05) is 13.2 Å². The van der Waals surface area contributed by atoms with Crippen molar-refractivity contribution in [3.63, 3.8) is 0 Å². The van der Waals surface area contributed by atoms with Crippen molar-refractivity contribution in [1.82, 2.24) is 5.32 Å². The fourth-order valence-corrected chi connectivity index (χ4v) is 1.85. The number of aliphatic hydroxyl groups is 1. The number of hydrogen-bond acceptors (Lipinski definition) is 3. The molecule has 4 heteroatoms. The number of benzene rings is 1. The van der Waals surface area contributed by atoms with Crippen LogP contribution in [0.4, 0.5) is 0 Å². The van der Waals surface area contributed by atoms with Gasteiger partial charge in [0.05, 0.1) is 13.0 Å². The number of aliphatic hydroxyl groups excluding tert-OH is 1. The maximum Gasteiger partial charge on any atom is 0.223 e. The summed E-state index contributed by atoms with van der Waals surface area (Å²) in [5.41, 5.74) is 2.24. The lowest BCUT2D eigenvalue weighted by atomic mass is 10.1. The SMILES string of the molecule is Cc1ccc(C)c(OCCC(=O)NCCCCCO)c1. The predicted molar refractivity (Wildman–Crippen MR) is 80.0 cm³/mol. The highest BCUT2D eigenvalue weighted by Crippen LogP contribution is 2.19. The Bertz CT molecular complexity index is 418. The molecular formula is C16H25NO3. The molecule has 20 heavy (non-hydrogen) atoms. The Labute approximate surface area is 121 Å². The Kier molecular flexibility index (Phi) is 7.73. The predicted octanol–water partition coefficient (Wildman–Crippen LogP) is 2.35. The van der Waals surface area contributed by atoms with Gasteiger partial charge in [0.2, 0.25) is 5.91 Å². The summed E-state index contributed by atoms with van der Waals surface area (Å²) in [5, 5.41) is 11.5. The number of amides is 1. The summed E-state index contributed by atoms with van der Waals surface area (Å²) in [6.07, 6.45) is 3.01. The Balaban J connectivity index is 2.17. The van der Waals surface area contributed by atoms with Crippen LogP contribution in [-0.4, -0.2) is 30.8 Å². The second-order valence-corrected chi connectivity index (χ2v) is 5.00. The van der Waals surface area contributed by atoms with Crippen molar-refractivity contribution in [3.05, 3.63) is 29.3 Å². The molecule has 1 amide bonds. The van der Waals surface area contributed by atoms with E-state index in [0.29, 0.717) is 19.6 Å². The third-order valence-electron chi connectivity index (χ3n) is 3.09. The number of rotatable bonds is 9. The first kappa shape index (κ1) is 16.5. The molecule has 0 aliphatic heterocycles. The smallest absolute Gasteiger partial charge is 0.223 e. The van der Waals surface area contributed by atoms with Gasteiger partial charge in [-0.25, -0.2) is 0 Å². The molecule has 4 nitrogen and oxygen atoms in total. The van der Waals surface area contributed by atoms with Crippen molar-refractivity contribution >= 4 is 5.91 Å². The number of carbonyl (C=O) groups is 1. The summed E-state index contributed by atoms with van der Waals surface area (Å²) in [5.74, 6) is 0.861. The van der Waals surface area contributed by atoms with E-state index in [4.69, 9.17) is 9.84 Å². The minimum atomic E-state index is 0.0132. The van der Waals surface area contributed by atoms with Crippen LogP contribution in [0.25, 0.3) is 0 Å². The lowest BCUT2D eigenvalue weighted by Crippen LogP contribution is -2.26. The third kappa shape index (κ3) is 6.57. The highest BCUT2D eigenvalue weighted by atomic mass is 16.5. The van der Waals surface area contributed by atoms with E-state index in [-0.39, 0.29) is 12.5 Å². The van der Waals surface area contributed by atoms with Gasteiger partial charge in [-0.3, -0.25) is 4.79 Å². The maximum absolute atomic E-state index is 11.6. The zero-order chi connectivity index (χ0) is 14.8. The van der Waals surface area contributed by atoms with Gasteiger partial charge in [-0.2, -0.15) is 0 Å². The van der Waals surface area contributed by atoms with Crippen LogP contribution in [0, 0.1) is 13.8 Å². The molecule has 0 atom stereocenters. The van der Waals surface area contributed by atoms with Gasteiger partial charge in [0.15, 0.2) is 0 Å². The van der Waals surface area contributed by atoms with E-state index in [1.807, 2.05) is 32.0 Å². The first-order valence-corrected chi connectivity index (χ1v) is 7.21. The molecule has 0 saturated carbocycles. The minimum absolute atomic E-state index is 0.0132. The third-order valence-corrected chi connectivity index (χ3v) is 3.09. The lowest BCUT2D eigenvalue weighted by molar-refractivity contribution is -0.121. The van der Waals surface area contributed by atoms with Crippen LogP contribution in [0.15, 0.2) is 18.2 Å². The van der Waals surface area contributed by atoms with Gasteiger partial charge in [0.1, 0.15) is 5.75 Å². The summed E-state index contributed by atoms with van der Waals surface area (Å²) in [7, 11) is 0. The van der Waals surface area contributed by atoms with Gasteiger partial charge < -0.3 is 15.2 Å². The monoisotopic (exact) mass is 279 g/mol. The van der Waals surface area contributed by atoms with Crippen molar-refractivity contribution in [1.29, 1.82) is 0 Å². The molecule has 0 aliphatic rings. The Morgan fingerprint density at radius 2 is 2.05 bits per heavy atom. The van der Waals surface area contributed by atoms with Crippen molar-refractivity contribution < 1.29 is 14.6 Å². The van der Waals surface area contributed by atoms with Crippen molar-refractivity contribution in [2.45, 2.75) is 39.5 Å². The number of ether oxygens (including phenoxy) is 1. The number of carbonyl (C=O) groups excluding carboxylic acids is 1. The molecule has 0 saturated heterocycles. The molecule has 0 fully saturated rings. The van der Waals surface area contributed by atoms with Gasteiger partial charge in [0.25, 0.3) is 0 Å². The average molecular weight is 279 g/mol. The quantitative estimate of drug-likeness (QED) is 0.682. The Hall–Kier alpha value is -1.55. The van der Waals surface area contributed by atoms with E-state index in [2.05, 4.69) is 5.32 Å². The Morgan fingerprint density at radius 1 is 1.25 bits per heavy atom. The standard InChI is InChI=1S/C16H25NO3/c1-13-6-7-14(2)15(12-13)20-11-8-16(19)17-9-4-3-5-10-18/h6-7,12,18H,3-5,8-11H2,1-2H3,(H,17,19). The van der Waals surface area contributed by atoms with Crippen molar-refractivity contribution in [2.24, 2.45) is 0 Å². The van der Waals surface area contributed by atoms with Crippen molar-refractivity contribution in [3.8, 4) is 5.75 Å². The van der Waals surface area contributed by atoms with Crippen LogP contribution in [0.2, 0.25) is 0 Å². The van der Waals surface area contributed by atoms with Crippen LogP contribution >= 0.6 is 0 Å². The van der Waals surface area contributed by atoms with Crippen LogP contribution in [0.5, 0.6) is 5.75 Å². The maximum atomic E-state index is 11.6. The minimum Gasteiger partial charge on any atom is -0.493 e. The number of unbranched alkanes of at least 4 members (excludes halogenated alkanes) is 2. The molecular weight excluding hydrogens is 254 g/mol. The van der Waals surface area contributed by atoms with E-state index in [9.17, 15) is 4.79 Å². The van der Waals surface area contributed by atoms with Gasteiger partial charge in [-0.15, -0.1) is 0 Å². The van der Waals surface area contributed by atoms with Crippen LogP contribution in [-0.2, 0) is 4.79 Å². The van der Waals surface area contributed by atoms with Crippen molar-refractivity contribution in [2.75, 3.05) is 19.8 Å². The summed E-state index contributed by atoms with van der Waals surface area (Å²) in [6.45, 7) is 5.30. The summed E-state index contributed by atoms with van der Waals surface area (Å²) in [6, 6.07) is 6.05. The molecule has 2 N–H and O–H groups in total. The zero-order valence-corrected chi connectivity index (χ0v) is 12.4. The number of aryl methyl sites for hydroxylation is 2. The number of nitrogens with one attached hydrogen (secondary N) is 1. The van der Waals surface area contributed by atoms with Gasteiger partial charge in [-0.1, -0.05) is 12.1 Å². The van der Waals surface area contributed by atoms with E-state index in [1.165, 1.54) is 0 Å². The molecule has 0 unspecified atom stereocenters. The molecule has 1 aromatic carbocycles. The van der Waals surface area contributed by atoms with E-state index >= 15 is 0 Å². The molecule has 0 aromatic heterocycles. The first-order valence-electron chi connectivity index (χ1n) is 7.21. The molecule has 112 valence electrons. The molecule has 1 rings (SSSR count). The summed E-state index contributed by atoms with van der Waals surface area (Å²) in [4.78, 5) is 11.6. The van der Waals surface area contributed by atoms with Gasteiger partial charge >= 0.3 is 0 Å². The molecule has 1 aromatic rings. The van der Waals surface area contributed by atoms with E-state index in [1.54, 1.807) is 0 Å². The molecule has 0 bridgehead atoms. The van der Waals surface area contributed by atoms with Gasteiger partial charge in [-0.05, 0) is 50.3 Å². The van der Waals surface area contributed by atoms with E-state index in [0.717, 1.165) is 36.1 Å². The highest BCUT2D eigenvalue weighted by molar-refractivity contribution is 5.75. The fourth-order valence-electron chi connectivity index (χ4n) is 1.85. The lowest BCUT2D eigenvalue weighted by Gasteiger charge is -2.10. The normalized spacial score (nSPS) is 10.3. The molecule has 0 aliphatic carbocycles.